The minimum Gasteiger partial charge on any atom is -0.489 e. The Hall–Kier alpha value is -4.57. The van der Waals surface area contributed by atoms with Crippen LogP contribution in [0.3, 0.4) is 0 Å². The summed E-state index contributed by atoms with van der Waals surface area (Å²) in [5, 5.41) is 32.5. The number of aliphatic hydroxyl groups is 1. The van der Waals surface area contributed by atoms with Gasteiger partial charge in [0, 0.05) is 35.5 Å². The van der Waals surface area contributed by atoms with E-state index in [-0.39, 0.29) is 44.0 Å². The van der Waals surface area contributed by atoms with Crippen LogP contribution in [0.4, 0.5) is 11.4 Å². The fourth-order valence-electron chi connectivity index (χ4n) is 3.97. The second-order valence-corrected chi connectivity index (χ2v) is 9.60. The quantitative estimate of drug-likeness (QED) is 0.0960. The van der Waals surface area contributed by atoms with Crippen LogP contribution in [0.15, 0.2) is 54.6 Å². The molecule has 0 spiro atoms. The van der Waals surface area contributed by atoms with Gasteiger partial charge in [-0.1, -0.05) is 11.6 Å². The summed E-state index contributed by atoms with van der Waals surface area (Å²) in [5.74, 6) is -0.378. The van der Waals surface area contributed by atoms with Gasteiger partial charge in [-0.15, -0.1) is 0 Å². The second kappa shape index (κ2) is 14.0. The summed E-state index contributed by atoms with van der Waals surface area (Å²) in [7, 11) is 0. The molecule has 10 nitrogen and oxygen atoms in total. The Kier molecular flexibility index (Phi) is 10.5. The largest absolute Gasteiger partial charge is 0.489 e. The van der Waals surface area contributed by atoms with E-state index < -0.39 is 5.97 Å². The number of benzene rings is 3. The predicted molar refractivity (Wildman–Crippen MR) is 154 cm³/mol. The van der Waals surface area contributed by atoms with E-state index in [2.05, 4.69) is 10.6 Å². The lowest BCUT2D eigenvalue weighted by atomic mass is 10.1. The molecule has 0 radical (unpaired) electrons. The number of carboxylic acid groups (broad SMARTS) is 1. The van der Waals surface area contributed by atoms with Gasteiger partial charge in [-0.3, -0.25) is 15.0 Å². The van der Waals surface area contributed by atoms with Gasteiger partial charge in [0.1, 0.15) is 5.84 Å². The standard InChI is InChI=1S/C30H36N4O6/c1-18(2)40-26-15-20(17-35)14-22(28(26)39-12-4-5-27(36)37)16-33-25-11-6-19(3)13-24(25)30(38)34-23-9-7-21(8-10-23)29(31)32/h6-11,13-15,18,33,35H,4-5,12,16-17H2,1-3H3,(H3,31,32)(H,34,38)(H,36,37). The Bertz CT molecular complexity index is 1360. The number of nitrogens with one attached hydrogen (secondary N) is 3. The van der Waals surface area contributed by atoms with Gasteiger partial charge in [0.25, 0.3) is 5.91 Å². The molecule has 0 aliphatic heterocycles. The highest BCUT2D eigenvalue weighted by Crippen LogP contribution is 2.35. The zero-order chi connectivity index (χ0) is 29.2. The zero-order valence-electron chi connectivity index (χ0n) is 22.9. The van der Waals surface area contributed by atoms with E-state index in [1.807, 2.05) is 32.9 Å². The van der Waals surface area contributed by atoms with Gasteiger partial charge in [0.15, 0.2) is 11.5 Å². The first kappa shape index (κ1) is 30.0. The van der Waals surface area contributed by atoms with Crippen LogP contribution >= 0.6 is 0 Å². The van der Waals surface area contributed by atoms with Crippen molar-refractivity contribution in [3.63, 3.8) is 0 Å². The van der Waals surface area contributed by atoms with Crippen molar-refractivity contribution in [2.24, 2.45) is 5.73 Å². The van der Waals surface area contributed by atoms with Crippen LogP contribution in [0.25, 0.3) is 0 Å². The minimum absolute atomic E-state index is 0.0258. The van der Waals surface area contributed by atoms with Crippen molar-refractivity contribution >= 4 is 29.1 Å². The highest BCUT2D eigenvalue weighted by atomic mass is 16.5. The Labute approximate surface area is 233 Å². The fourth-order valence-corrected chi connectivity index (χ4v) is 3.97. The Morgan fingerprint density at radius 2 is 1.80 bits per heavy atom. The van der Waals surface area contributed by atoms with E-state index in [1.54, 1.807) is 42.5 Å². The van der Waals surface area contributed by atoms with Gasteiger partial charge in [-0.05, 0) is 81.3 Å². The van der Waals surface area contributed by atoms with Gasteiger partial charge in [-0.2, -0.15) is 0 Å². The number of amidine groups is 1. The first-order chi connectivity index (χ1) is 19.1. The van der Waals surface area contributed by atoms with Crippen molar-refractivity contribution in [2.45, 2.75) is 52.9 Å². The number of aliphatic carboxylic acids is 1. The number of aryl methyl sites for hydroxylation is 1. The molecule has 7 N–H and O–H groups in total. The molecule has 0 aliphatic carbocycles. The number of nitrogen functional groups attached to an aromatic ring is 1. The third-order valence-electron chi connectivity index (χ3n) is 5.86. The number of hydrogen-bond acceptors (Lipinski definition) is 7. The van der Waals surface area contributed by atoms with Gasteiger partial charge >= 0.3 is 5.97 Å². The summed E-state index contributed by atoms with van der Waals surface area (Å²) in [6.07, 6.45) is 0.135. The Morgan fingerprint density at radius 1 is 1.07 bits per heavy atom. The third kappa shape index (κ3) is 8.47. The molecule has 0 aliphatic rings. The number of carbonyl (C=O) groups is 2. The minimum atomic E-state index is -0.903. The van der Waals surface area contributed by atoms with Crippen LogP contribution in [0.5, 0.6) is 11.5 Å². The van der Waals surface area contributed by atoms with Crippen LogP contribution in [0.1, 0.15) is 59.3 Å². The molecule has 10 heteroatoms. The van der Waals surface area contributed by atoms with Crippen molar-refractivity contribution < 1.29 is 29.3 Å². The summed E-state index contributed by atoms with van der Waals surface area (Å²) in [5.41, 5.74) is 9.86. The fraction of sp³-hybridized carbons (Fsp3) is 0.300. The normalized spacial score (nSPS) is 10.7. The molecular formula is C30H36N4O6. The Morgan fingerprint density at radius 3 is 2.42 bits per heavy atom. The molecule has 3 rings (SSSR count). The van der Waals surface area contributed by atoms with Crippen molar-refractivity contribution in [3.8, 4) is 11.5 Å². The summed E-state index contributed by atoms with van der Waals surface area (Å²) in [4.78, 5) is 24.2. The lowest BCUT2D eigenvalue weighted by Crippen LogP contribution is -2.16. The van der Waals surface area contributed by atoms with Crippen LogP contribution in [0.2, 0.25) is 0 Å². The van der Waals surface area contributed by atoms with Gasteiger partial charge in [0.2, 0.25) is 0 Å². The van der Waals surface area contributed by atoms with E-state index in [4.69, 9.17) is 25.7 Å². The topological polar surface area (TPSA) is 167 Å². The van der Waals surface area contributed by atoms with Crippen LogP contribution < -0.4 is 25.8 Å². The summed E-state index contributed by atoms with van der Waals surface area (Å²) in [6.45, 7) is 5.86. The number of ether oxygens (including phenoxy) is 2. The summed E-state index contributed by atoms with van der Waals surface area (Å²) in [6, 6.07) is 15.7. The molecule has 212 valence electrons. The zero-order valence-corrected chi connectivity index (χ0v) is 22.9. The van der Waals surface area contributed by atoms with Gasteiger partial charge in [-0.25, -0.2) is 0 Å². The lowest BCUT2D eigenvalue weighted by molar-refractivity contribution is -0.137. The Balaban J connectivity index is 1.87. The molecule has 40 heavy (non-hydrogen) atoms. The molecule has 0 unspecified atom stereocenters. The maximum absolute atomic E-state index is 13.2. The number of aliphatic hydroxyl groups excluding tert-OH is 1. The number of carboxylic acids is 1. The number of amides is 1. The molecular weight excluding hydrogens is 512 g/mol. The van der Waals surface area contributed by atoms with Crippen LogP contribution in [0, 0.1) is 12.3 Å². The molecule has 0 fully saturated rings. The monoisotopic (exact) mass is 548 g/mol. The van der Waals surface area contributed by atoms with E-state index in [0.717, 1.165) is 5.56 Å². The lowest BCUT2D eigenvalue weighted by Gasteiger charge is -2.21. The average Bonchev–Trinajstić information content (AvgIpc) is 2.90. The number of nitrogens with two attached hydrogens (primary N) is 1. The van der Waals surface area contributed by atoms with Crippen LogP contribution in [-0.4, -0.2) is 40.6 Å². The number of hydrogen-bond donors (Lipinski definition) is 6. The van der Waals surface area contributed by atoms with Gasteiger partial charge in [0.05, 0.1) is 24.9 Å². The maximum Gasteiger partial charge on any atom is 0.303 e. The first-order valence-electron chi connectivity index (χ1n) is 13.0. The molecule has 3 aromatic rings. The highest BCUT2D eigenvalue weighted by Gasteiger charge is 2.18. The van der Waals surface area contributed by atoms with Crippen molar-refractivity contribution in [1.29, 1.82) is 5.41 Å². The molecule has 0 atom stereocenters. The molecule has 0 saturated carbocycles. The number of rotatable bonds is 14. The molecule has 0 saturated heterocycles. The highest BCUT2D eigenvalue weighted by molar-refractivity contribution is 6.08. The molecule has 0 aromatic heterocycles. The maximum atomic E-state index is 13.2. The summed E-state index contributed by atoms with van der Waals surface area (Å²) < 4.78 is 12.0. The molecule has 1 amide bonds. The van der Waals surface area contributed by atoms with Crippen molar-refractivity contribution in [2.75, 3.05) is 17.2 Å². The van der Waals surface area contributed by atoms with E-state index >= 15 is 0 Å². The SMILES string of the molecule is Cc1ccc(NCc2cc(CO)cc(OC(C)C)c2OCCCC(=O)O)c(C(=O)Nc2ccc(C(=N)N)cc2)c1. The van der Waals surface area contributed by atoms with Crippen molar-refractivity contribution in [1.82, 2.24) is 0 Å². The van der Waals surface area contributed by atoms with Gasteiger partial charge < -0.3 is 36.1 Å². The number of carbonyl (C=O) groups excluding carboxylic acids is 1. The van der Waals surface area contributed by atoms with E-state index in [0.29, 0.717) is 51.5 Å². The number of anilines is 2. The third-order valence-corrected chi connectivity index (χ3v) is 5.86. The van der Waals surface area contributed by atoms with Crippen molar-refractivity contribution in [3.05, 3.63) is 82.4 Å². The predicted octanol–water partition coefficient (Wildman–Crippen LogP) is 4.67. The smallest absolute Gasteiger partial charge is 0.303 e. The van der Waals surface area contributed by atoms with E-state index in [1.165, 1.54) is 0 Å². The molecule has 0 heterocycles. The molecule has 3 aromatic carbocycles. The summed E-state index contributed by atoms with van der Waals surface area (Å²) >= 11 is 0. The second-order valence-electron chi connectivity index (χ2n) is 9.60. The van der Waals surface area contributed by atoms with Crippen LogP contribution in [-0.2, 0) is 17.9 Å². The average molecular weight is 549 g/mol. The first-order valence-corrected chi connectivity index (χ1v) is 13.0. The van der Waals surface area contributed by atoms with E-state index in [9.17, 15) is 14.7 Å². The molecule has 0 bridgehead atoms.